The van der Waals surface area contributed by atoms with Gasteiger partial charge in [-0.25, -0.2) is 0 Å². The van der Waals surface area contributed by atoms with Crippen molar-refractivity contribution < 1.29 is 0 Å². The van der Waals surface area contributed by atoms with Crippen molar-refractivity contribution in [3.8, 4) is 0 Å². The molecule has 0 atom stereocenters. The third kappa shape index (κ3) is 17.6. The van der Waals surface area contributed by atoms with Crippen LogP contribution in [0.3, 0.4) is 0 Å². The Bertz CT molecular complexity index is 109. The van der Waals surface area contributed by atoms with E-state index in [9.17, 15) is 0 Å². The standard InChI is InChI=1S/C16H33.K/c1-3-5-7-9-11-13-15-16-14-12-10-8-6-4-2;/h1,3-16H2,2H3;. The summed E-state index contributed by atoms with van der Waals surface area (Å²) >= 11 is 1.10. The summed E-state index contributed by atoms with van der Waals surface area (Å²) in [5, 5.41) is 0. The second kappa shape index (κ2) is 17.6. The van der Waals surface area contributed by atoms with E-state index in [1.165, 1.54) is 89.9 Å². The van der Waals surface area contributed by atoms with E-state index in [4.69, 9.17) is 0 Å². The second-order valence-corrected chi connectivity index (χ2v) is 7.16. The Hall–Kier alpha value is 1.64. The Kier molecular flexibility index (Phi) is 19.3. The molecule has 0 aliphatic rings. The third-order valence-corrected chi connectivity index (χ3v) is 4.81. The van der Waals surface area contributed by atoms with Crippen LogP contribution in [0, 0.1) is 0 Å². The van der Waals surface area contributed by atoms with E-state index in [-0.39, 0.29) is 0 Å². The maximum absolute atomic E-state index is 2.29. The molecular formula is C16H33K. The molecule has 0 N–H and O–H groups in total. The summed E-state index contributed by atoms with van der Waals surface area (Å²) < 4.78 is 1.56. The molecule has 1 heteroatoms. The fraction of sp³-hybridized carbons (Fsp3) is 1.00. The molecule has 0 heterocycles. The average Bonchev–Trinajstić information content (AvgIpc) is 2.35. The van der Waals surface area contributed by atoms with Gasteiger partial charge in [0.2, 0.25) is 0 Å². The number of rotatable bonds is 14. The Labute approximate surface area is 144 Å². The van der Waals surface area contributed by atoms with Crippen molar-refractivity contribution in [1.29, 1.82) is 0 Å². The normalized spacial score (nSPS) is 11.0. The van der Waals surface area contributed by atoms with Crippen LogP contribution < -0.4 is 0 Å². The molecule has 0 saturated carbocycles. The van der Waals surface area contributed by atoms with Gasteiger partial charge in [0.15, 0.2) is 0 Å². The molecule has 0 bridgehead atoms. The molecule has 0 aliphatic carbocycles. The second-order valence-electron chi connectivity index (χ2n) is 5.60. The molecule has 0 radical (unpaired) electrons. The van der Waals surface area contributed by atoms with Crippen LogP contribution in [0.15, 0.2) is 0 Å². The minimum absolute atomic E-state index is 1.10. The third-order valence-electron chi connectivity index (χ3n) is 3.71. The van der Waals surface area contributed by atoms with E-state index in [1.54, 1.807) is 0.515 Å². The van der Waals surface area contributed by atoms with Gasteiger partial charge >= 0.3 is 120 Å². The first-order valence-electron chi connectivity index (χ1n) is 8.41. The van der Waals surface area contributed by atoms with Crippen molar-refractivity contribution in [2.24, 2.45) is 0 Å². The van der Waals surface area contributed by atoms with Crippen LogP contribution in [0.5, 0.6) is 0 Å². The van der Waals surface area contributed by atoms with E-state index < -0.39 is 0 Å². The van der Waals surface area contributed by atoms with Gasteiger partial charge in [0.1, 0.15) is 0 Å². The molecule has 0 amide bonds. The number of hydrogen-bond donors (Lipinski definition) is 0. The predicted octanol–water partition coefficient (Wildman–Crippen LogP) is 6.05. The van der Waals surface area contributed by atoms with E-state index in [0.717, 1.165) is 49.0 Å². The molecule has 0 aromatic rings. The van der Waals surface area contributed by atoms with Gasteiger partial charge < -0.3 is 0 Å². The number of unbranched alkanes of at least 4 members (excludes halogenated alkanes) is 13. The van der Waals surface area contributed by atoms with E-state index in [1.807, 2.05) is 0 Å². The zero-order chi connectivity index (χ0) is 12.6. The average molecular weight is 265 g/mol. The monoisotopic (exact) mass is 264 g/mol. The number of hydrogen-bond acceptors (Lipinski definition) is 0. The molecule has 0 rings (SSSR count). The summed E-state index contributed by atoms with van der Waals surface area (Å²) in [6.45, 7) is 2.29. The molecule has 0 nitrogen and oxygen atoms in total. The van der Waals surface area contributed by atoms with Crippen molar-refractivity contribution in [1.82, 2.24) is 0 Å². The fourth-order valence-electron chi connectivity index (χ4n) is 2.44. The summed E-state index contributed by atoms with van der Waals surface area (Å²) in [5.74, 6) is 0. The summed E-state index contributed by atoms with van der Waals surface area (Å²) in [4.78, 5) is 0. The van der Waals surface area contributed by atoms with Crippen LogP contribution in [-0.2, 0) is 0 Å². The van der Waals surface area contributed by atoms with Crippen molar-refractivity contribution in [3.63, 3.8) is 0 Å². The van der Waals surface area contributed by atoms with Crippen LogP contribution in [0.25, 0.3) is 0 Å². The summed E-state index contributed by atoms with van der Waals surface area (Å²) in [6, 6.07) is 0. The molecular weight excluding hydrogens is 231 g/mol. The van der Waals surface area contributed by atoms with Crippen LogP contribution in [0.4, 0.5) is 0 Å². The molecule has 0 unspecified atom stereocenters. The van der Waals surface area contributed by atoms with Crippen LogP contribution in [-0.4, -0.2) is 49.0 Å². The molecule has 0 aromatic carbocycles. The Morgan fingerprint density at radius 3 is 1.06 bits per heavy atom. The zero-order valence-corrected chi connectivity index (χ0v) is 15.7. The van der Waals surface area contributed by atoms with Crippen molar-refractivity contribution in [2.75, 3.05) is 0 Å². The SMILES string of the molecule is CCCCCCCCCCCCCCC[CH2][K]. The van der Waals surface area contributed by atoms with Gasteiger partial charge in [-0.2, -0.15) is 0 Å². The minimum atomic E-state index is 1.10. The molecule has 0 aromatic heterocycles. The Morgan fingerprint density at radius 1 is 0.471 bits per heavy atom. The Morgan fingerprint density at radius 2 is 0.765 bits per heavy atom. The van der Waals surface area contributed by atoms with Gasteiger partial charge in [0, 0.05) is 0 Å². The first-order chi connectivity index (χ1) is 8.41. The Balaban J connectivity index is 2.85. The van der Waals surface area contributed by atoms with E-state index >= 15 is 0 Å². The summed E-state index contributed by atoms with van der Waals surface area (Å²) in [5.41, 5.74) is 0. The van der Waals surface area contributed by atoms with Gasteiger partial charge in [0.05, 0.1) is 0 Å². The molecule has 0 fully saturated rings. The topological polar surface area (TPSA) is 0 Å². The van der Waals surface area contributed by atoms with Crippen molar-refractivity contribution in [2.45, 2.75) is 97.3 Å². The van der Waals surface area contributed by atoms with E-state index in [2.05, 4.69) is 6.92 Å². The van der Waals surface area contributed by atoms with Gasteiger partial charge in [0.25, 0.3) is 0 Å². The van der Waals surface area contributed by atoms with Crippen molar-refractivity contribution in [3.05, 3.63) is 0 Å². The fourth-order valence-corrected chi connectivity index (χ4v) is 3.23. The molecule has 98 valence electrons. The van der Waals surface area contributed by atoms with Crippen LogP contribution in [0.1, 0.15) is 96.8 Å². The molecule has 0 aliphatic heterocycles. The summed E-state index contributed by atoms with van der Waals surface area (Å²) in [6.07, 6.45) is 20.8. The van der Waals surface area contributed by atoms with E-state index in [0.29, 0.717) is 0 Å². The van der Waals surface area contributed by atoms with Gasteiger partial charge in [-0.1, -0.05) is 26.2 Å². The predicted molar refractivity (Wildman–Crippen MR) is 80.9 cm³/mol. The molecule has 0 saturated heterocycles. The van der Waals surface area contributed by atoms with Gasteiger partial charge in [-0.15, -0.1) is 0 Å². The zero-order valence-electron chi connectivity index (χ0n) is 12.6. The molecule has 0 spiro atoms. The van der Waals surface area contributed by atoms with Gasteiger partial charge in [-0.3, -0.25) is 0 Å². The van der Waals surface area contributed by atoms with Crippen LogP contribution >= 0.6 is 0 Å². The van der Waals surface area contributed by atoms with Crippen molar-refractivity contribution >= 4 is 49.0 Å². The first kappa shape index (κ1) is 18.6. The maximum atomic E-state index is 2.29. The quantitative estimate of drug-likeness (QED) is 0.264. The van der Waals surface area contributed by atoms with Gasteiger partial charge in [-0.05, 0) is 0 Å². The summed E-state index contributed by atoms with van der Waals surface area (Å²) in [7, 11) is 0. The first-order valence-corrected chi connectivity index (χ1v) is 10.6. The van der Waals surface area contributed by atoms with Crippen LogP contribution in [0.2, 0.25) is 0.515 Å². The molecule has 17 heavy (non-hydrogen) atoms.